The molecule has 0 unspecified atom stereocenters. The summed E-state index contributed by atoms with van der Waals surface area (Å²) in [6.45, 7) is 4.95. The van der Waals surface area contributed by atoms with Gasteiger partial charge in [-0.25, -0.2) is 9.97 Å². The van der Waals surface area contributed by atoms with Crippen molar-refractivity contribution in [2.75, 3.05) is 11.9 Å². The average Bonchev–Trinajstić information content (AvgIpc) is 2.77. The molecule has 0 saturated carbocycles. The second kappa shape index (κ2) is 8.69. The molecule has 4 aromatic rings. The fourth-order valence-corrected chi connectivity index (χ4v) is 3.35. The number of aromatic nitrogens is 3. The topological polar surface area (TPSA) is 71.0 Å². The van der Waals surface area contributed by atoms with Gasteiger partial charge >= 0.3 is 0 Å². The number of carbonyl (C=O) groups is 1. The second-order valence-electron chi connectivity index (χ2n) is 7.03. The van der Waals surface area contributed by atoms with E-state index in [1.807, 2.05) is 74.5 Å². The molecule has 2 heterocycles. The van der Waals surface area contributed by atoms with Crippen LogP contribution in [-0.4, -0.2) is 32.3 Å². The Hall–Kier alpha value is -3.80. The van der Waals surface area contributed by atoms with E-state index in [2.05, 4.69) is 20.3 Å². The number of nitrogens with one attached hydrogen (secondary N) is 1. The van der Waals surface area contributed by atoms with Gasteiger partial charge in [-0.1, -0.05) is 48.5 Å². The van der Waals surface area contributed by atoms with Crippen LogP contribution in [-0.2, 0) is 6.54 Å². The zero-order valence-corrected chi connectivity index (χ0v) is 17.0. The minimum atomic E-state index is -0.119. The summed E-state index contributed by atoms with van der Waals surface area (Å²) < 4.78 is 0. The van der Waals surface area contributed by atoms with Crippen LogP contribution >= 0.6 is 0 Å². The third-order valence-corrected chi connectivity index (χ3v) is 4.84. The summed E-state index contributed by atoms with van der Waals surface area (Å²) in [4.78, 5) is 28.3. The number of benzene rings is 2. The number of amides is 1. The van der Waals surface area contributed by atoms with E-state index in [0.717, 1.165) is 27.8 Å². The summed E-state index contributed by atoms with van der Waals surface area (Å²) in [5.74, 6) is 0.262. The van der Waals surface area contributed by atoms with Crippen molar-refractivity contribution < 1.29 is 4.79 Å². The molecular formula is C24H23N5O. The Morgan fingerprint density at radius 1 is 1.00 bits per heavy atom. The van der Waals surface area contributed by atoms with Crippen LogP contribution in [0.5, 0.6) is 0 Å². The molecule has 4 rings (SSSR count). The SMILES string of the molecule is CCN(Cc1ccccc1)C(=O)c1cc(C)nc(Nc2cccc3cccnc23)n1. The summed E-state index contributed by atoms with van der Waals surface area (Å²) in [7, 11) is 0. The van der Waals surface area contributed by atoms with E-state index in [0.29, 0.717) is 24.7 Å². The van der Waals surface area contributed by atoms with E-state index in [4.69, 9.17) is 0 Å². The first-order chi connectivity index (χ1) is 14.6. The van der Waals surface area contributed by atoms with Crippen molar-refractivity contribution in [3.63, 3.8) is 0 Å². The average molecular weight is 397 g/mol. The maximum absolute atomic E-state index is 13.1. The Bertz CT molecular complexity index is 1170. The molecule has 0 spiro atoms. The Kier molecular flexibility index (Phi) is 5.66. The first-order valence-corrected chi connectivity index (χ1v) is 9.93. The number of fused-ring (bicyclic) bond motifs is 1. The van der Waals surface area contributed by atoms with Gasteiger partial charge in [0.2, 0.25) is 5.95 Å². The van der Waals surface area contributed by atoms with Crippen LogP contribution in [0.2, 0.25) is 0 Å². The van der Waals surface area contributed by atoms with Crippen molar-refractivity contribution in [2.45, 2.75) is 20.4 Å². The maximum Gasteiger partial charge on any atom is 0.272 e. The molecule has 0 aliphatic heterocycles. The molecule has 6 heteroatoms. The van der Waals surface area contributed by atoms with Crippen LogP contribution < -0.4 is 5.32 Å². The molecule has 0 aliphatic rings. The van der Waals surface area contributed by atoms with Crippen LogP contribution in [0.4, 0.5) is 11.6 Å². The van der Waals surface area contributed by atoms with Crippen LogP contribution in [0, 0.1) is 6.92 Å². The first-order valence-electron chi connectivity index (χ1n) is 9.93. The van der Waals surface area contributed by atoms with Crippen LogP contribution in [0.25, 0.3) is 10.9 Å². The molecule has 2 aromatic heterocycles. The molecule has 1 amide bonds. The molecule has 0 aliphatic carbocycles. The van der Waals surface area contributed by atoms with Crippen LogP contribution in [0.3, 0.4) is 0 Å². The van der Waals surface area contributed by atoms with Crippen molar-refractivity contribution in [1.29, 1.82) is 0 Å². The van der Waals surface area contributed by atoms with Crippen molar-refractivity contribution >= 4 is 28.4 Å². The van der Waals surface area contributed by atoms with Crippen molar-refractivity contribution in [2.24, 2.45) is 0 Å². The minimum absolute atomic E-state index is 0.119. The molecule has 30 heavy (non-hydrogen) atoms. The number of hydrogen-bond donors (Lipinski definition) is 1. The largest absolute Gasteiger partial charge is 0.333 e. The lowest BCUT2D eigenvalue weighted by atomic mass is 10.2. The number of aryl methyl sites for hydroxylation is 1. The Morgan fingerprint density at radius 2 is 1.80 bits per heavy atom. The lowest BCUT2D eigenvalue weighted by Crippen LogP contribution is -2.31. The van der Waals surface area contributed by atoms with Gasteiger partial charge in [0, 0.05) is 30.4 Å². The number of pyridine rings is 1. The molecule has 0 atom stereocenters. The standard InChI is InChI=1S/C24H23N5O/c1-3-29(16-18-9-5-4-6-10-18)23(30)21-15-17(2)26-24(28-21)27-20-13-7-11-19-12-8-14-25-22(19)20/h4-15H,3,16H2,1-2H3,(H,26,27,28). The first kappa shape index (κ1) is 19.5. The summed E-state index contributed by atoms with van der Waals surface area (Å²) in [6.07, 6.45) is 1.75. The Labute approximate surface area is 175 Å². The number of rotatable bonds is 6. The third-order valence-electron chi connectivity index (χ3n) is 4.84. The Balaban J connectivity index is 1.61. The van der Waals surface area contributed by atoms with Gasteiger partial charge < -0.3 is 10.2 Å². The Morgan fingerprint density at radius 3 is 2.60 bits per heavy atom. The third kappa shape index (κ3) is 4.27. The molecule has 0 saturated heterocycles. The lowest BCUT2D eigenvalue weighted by molar-refractivity contribution is 0.0746. The molecular weight excluding hydrogens is 374 g/mol. The number of nitrogens with zero attached hydrogens (tertiary/aromatic N) is 4. The van der Waals surface area contributed by atoms with Crippen molar-refractivity contribution in [3.05, 3.63) is 89.9 Å². The van der Waals surface area contributed by atoms with Gasteiger partial charge in [-0.3, -0.25) is 9.78 Å². The van der Waals surface area contributed by atoms with Gasteiger partial charge in [0.25, 0.3) is 5.91 Å². The highest BCUT2D eigenvalue weighted by atomic mass is 16.2. The molecule has 0 fully saturated rings. The molecule has 0 bridgehead atoms. The molecule has 0 radical (unpaired) electrons. The highest BCUT2D eigenvalue weighted by Crippen LogP contribution is 2.23. The minimum Gasteiger partial charge on any atom is -0.333 e. The number of hydrogen-bond acceptors (Lipinski definition) is 5. The van der Waals surface area contributed by atoms with Gasteiger partial charge in [-0.05, 0) is 37.6 Å². The van der Waals surface area contributed by atoms with Gasteiger partial charge in [0.15, 0.2) is 0 Å². The fraction of sp³-hybridized carbons (Fsp3) is 0.167. The van der Waals surface area contributed by atoms with E-state index in [9.17, 15) is 4.79 Å². The molecule has 2 aromatic carbocycles. The van der Waals surface area contributed by atoms with Crippen molar-refractivity contribution in [3.8, 4) is 0 Å². The second-order valence-corrected chi connectivity index (χ2v) is 7.03. The highest BCUT2D eigenvalue weighted by Gasteiger charge is 2.18. The fourth-order valence-electron chi connectivity index (χ4n) is 3.35. The van der Waals surface area contributed by atoms with Crippen LogP contribution in [0.15, 0.2) is 72.9 Å². The summed E-state index contributed by atoms with van der Waals surface area (Å²) in [5, 5.41) is 4.25. The number of para-hydroxylation sites is 1. The maximum atomic E-state index is 13.1. The van der Waals surface area contributed by atoms with E-state index >= 15 is 0 Å². The van der Waals surface area contributed by atoms with Gasteiger partial charge in [0.05, 0.1) is 11.2 Å². The lowest BCUT2D eigenvalue weighted by Gasteiger charge is -2.21. The van der Waals surface area contributed by atoms with Crippen LogP contribution in [0.1, 0.15) is 28.7 Å². The smallest absolute Gasteiger partial charge is 0.272 e. The monoisotopic (exact) mass is 397 g/mol. The summed E-state index contributed by atoms with van der Waals surface area (Å²) >= 11 is 0. The van der Waals surface area contributed by atoms with Gasteiger partial charge in [-0.15, -0.1) is 0 Å². The summed E-state index contributed by atoms with van der Waals surface area (Å²) in [5.41, 5.74) is 3.81. The quantitative estimate of drug-likeness (QED) is 0.509. The zero-order chi connectivity index (χ0) is 20.9. The highest BCUT2D eigenvalue weighted by molar-refractivity contribution is 5.94. The predicted octanol–water partition coefficient (Wildman–Crippen LogP) is 4.74. The summed E-state index contributed by atoms with van der Waals surface area (Å²) in [6, 6.07) is 21.5. The normalized spacial score (nSPS) is 10.7. The van der Waals surface area contributed by atoms with E-state index in [1.165, 1.54) is 0 Å². The van der Waals surface area contributed by atoms with E-state index in [1.54, 1.807) is 17.2 Å². The zero-order valence-electron chi connectivity index (χ0n) is 17.0. The van der Waals surface area contributed by atoms with Crippen molar-refractivity contribution in [1.82, 2.24) is 19.9 Å². The predicted molar refractivity (Wildman–Crippen MR) is 119 cm³/mol. The van der Waals surface area contributed by atoms with Gasteiger partial charge in [-0.2, -0.15) is 0 Å². The molecule has 150 valence electrons. The molecule has 1 N–H and O–H groups in total. The van der Waals surface area contributed by atoms with E-state index in [-0.39, 0.29) is 5.91 Å². The van der Waals surface area contributed by atoms with E-state index < -0.39 is 0 Å². The number of carbonyl (C=O) groups excluding carboxylic acids is 1. The number of anilines is 2. The molecule has 6 nitrogen and oxygen atoms in total. The van der Waals surface area contributed by atoms with Gasteiger partial charge in [0.1, 0.15) is 5.69 Å².